The highest BCUT2D eigenvalue weighted by Gasteiger charge is 2.36. The molecule has 0 bridgehead atoms. The molecule has 0 saturated heterocycles. The van der Waals surface area contributed by atoms with E-state index in [1.165, 1.54) is 4.57 Å². The molecule has 130 valence electrons. The van der Waals surface area contributed by atoms with E-state index in [-0.39, 0.29) is 0 Å². The van der Waals surface area contributed by atoms with E-state index in [4.69, 9.17) is 10.3 Å². The fraction of sp³-hybridized carbons (Fsp3) is 0.412. The minimum Gasteiger partial charge on any atom is -0.334 e. The number of nitrogens with two attached hydrogens (primary N) is 1. The van der Waals surface area contributed by atoms with Crippen molar-refractivity contribution in [2.75, 3.05) is 0 Å². The maximum atomic E-state index is 11.9. The fourth-order valence-corrected chi connectivity index (χ4v) is 3.50. The summed E-state index contributed by atoms with van der Waals surface area (Å²) >= 11 is 0. The lowest BCUT2D eigenvalue weighted by Gasteiger charge is -2.17. The van der Waals surface area contributed by atoms with E-state index in [2.05, 4.69) is 15.1 Å². The molecule has 1 fully saturated rings. The van der Waals surface area contributed by atoms with Gasteiger partial charge in [0.2, 0.25) is 0 Å². The SMILES string of the molecule is CCn1c(=O)c(=O)[nH]c2cc(-c3nc(C4(N)CCCC4)no3)ccc21. The van der Waals surface area contributed by atoms with Gasteiger partial charge in [-0.2, -0.15) is 4.98 Å². The molecule has 3 N–H and O–H groups in total. The van der Waals surface area contributed by atoms with Gasteiger partial charge < -0.3 is 19.8 Å². The lowest BCUT2D eigenvalue weighted by Crippen LogP contribution is -2.35. The normalized spacial score (nSPS) is 16.6. The quantitative estimate of drug-likeness (QED) is 0.696. The summed E-state index contributed by atoms with van der Waals surface area (Å²) in [7, 11) is 0. The van der Waals surface area contributed by atoms with Crippen LogP contribution in [0.15, 0.2) is 32.3 Å². The molecule has 25 heavy (non-hydrogen) atoms. The first-order valence-electron chi connectivity index (χ1n) is 8.42. The lowest BCUT2D eigenvalue weighted by molar-refractivity contribution is 0.372. The zero-order chi connectivity index (χ0) is 17.6. The number of aromatic nitrogens is 4. The van der Waals surface area contributed by atoms with Crippen LogP contribution in [0.1, 0.15) is 38.4 Å². The molecule has 1 aromatic carbocycles. The van der Waals surface area contributed by atoms with Crippen LogP contribution >= 0.6 is 0 Å². The molecular formula is C17H19N5O3. The number of rotatable bonds is 3. The first kappa shape index (κ1) is 15.8. The summed E-state index contributed by atoms with van der Waals surface area (Å²) in [4.78, 5) is 30.8. The molecule has 1 aliphatic carbocycles. The van der Waals surface area contributed by atoms with Gasteiger partial charge in [0.05, 0.1) is 16.6 Å². The molecule has 8 nitrogen and oxygen atoms in total. The van der Waals surface area contributed by atoms with E-state index in [1.54, 1.807) is 18.2 Å². The molecule has 3 aromatic rings. The number of fused-ring (bicyclic) bond motifs is 1. The van der Waals surface area contributed by atoms with Gasteiger partial charge in [0.1, 0.15) is 0 Å². The van der Waals surface area contributed by atoms with Crippen LogP contribution in [0.3, 0.4) is 0 Å². The van der Waals surface area contributed by atoms with Crippen LogP contribution < -0.4 is 16.9 Å². The summed E-state index contributed by atoms with van der Waals surface area (Å²) < 4.78 is 6.82. The summed E-state index contributed by atoms with van der Waals surface area (Å²) in [6, 6.07) is 5.29. The topological polar surface area (TPSA) is 120 Å². The minimum absolute atomic E-state index is 0.351. The van der Waals surface area contributed by atoms with Crippen LogP contribution in [0.25, 0.3) is 22.5 Å². The van der Waals surface area contributed by atoms with Crippen LogP contribution in [0.5, 0.6) is 0 Å². The van der Waals surface area contributed by atoms with E-state index in [0.29, 0.717) is 34.9 Å². The zero-order valence-electron chi connectivity index (χ0n) is 13.9. The summed E-state index contributed by atoms with van der Waals surface area (Å²) in [5.74, 6) is 0.871. The Balaban J connectivity index is 1.80. The third kappa shape index (κ3) is 2.49. The molecule has 0 amide bonds. The predicted molar refractivity (Wildman–Crippen MR) is 92.1 cm³/mol. The third-order valence-corrected chi connectivity index (χ3v) is 4.91. The number of nitrogens with zero attached hydrogens (tertiary/aromatic N) is 3. The van der Waals surface area contributed by atoms with Crippen molar-refractivity contribution in [3.63, 3.8) is 0 Å². The van der Waals surface area contributed by atoms with Crippen molar-refractivity contribution < 1.29 is 4.52 Å². The second-order valence-corrected chi connectivity index (χ2v) is 6.52. The van der Waals surface area contributed by atoms with E-state index in [9.17, 15) is 9.59 Å². The lowest BCUT2D eigenvalue weighted by atomic mass is 9.99. The molecule has 0 atom stereocenters. The first-order valence-corrected chi connectivity index (χ1v) is 8.42. The summed E-state index contributed by atoms with van der Waals surface area (Å²) in [6.45, 7) is 2.24. The molecule has 8 heteroatoms. The zero-order valence-corrected chi connectivity index (χ0v) is 13.9. The monoisotopic (exact) mass is 341 g/mol. The highest BCUT2D eigenvalue weighted by Crippen LogP contribution is 2.35. The predicted octanol–water partition coefficient (Wildman–Crippen LogP) is 1.49. The maximum Gasteiger partial charge on any atom is 0.316 e. The van der Waals surface area contributed by atoms with Gasteiger partial charge in [-0.25, -0.2) is 0 Å². The second-order valence-electron chi connectivity index (χ2n) is 6.52. The van der Waals surface area contributed by atoms with Gasteiger partial charge in [-0.15, -0.1) is 0 Å². The van der Waals surface area contributed by atoms with Gasteiger partial charge in [0, 0.05) is 12.1 Å². The average molecular weight is 341 g/mol. The van der Waals surface area contributed by atoms with Crippen molar-refractivity contribution >= 4 is 11.0 Å². The van der Waals surface area contributed by atoms with Crippen LogP contribution in [-0.4, -0.2) is 19.7 Å². The first-order chi connectivity index (χ1) is 12.0. The van der Waals surface area contributed by atoms with Crippen molar-refractivity contribution in [1.82, 2.24) is 19.7 Å². The second kappa shape index (κ2) is 5.66. The maximum absolute atomic E-state index is 11.9. The molecule has 2 heterocycles. The van der Waals surface area contributed by atoms with E-state index < -0.39 is 16.7 Å². The van der Waals surface area contributed by atoms with Crippen molar-refractivity contribution in [1.29, 1.82) is 0 Å². The van der Waals surface area contributed by atoms with Crippen LogP contribution in [0.2, 0.25) is 0 Å². The number of benzene rings is 1. The van der Waals surface area contributed by atoms with Crippen molar-refractivity contribution in [2.45, 2.75) is 44.7 Å². The molecule has 2 aromatic heterocycles. The van der Waals surface area contributed by atoms with Gasteiger partial charge in [0.25, 0.3) is 5.89 Å². The van der Waals surface area contributed by atoms with E-state index in [1.807, 2.05) is 6.92 Å². The Bertz CT molecular complexity index is 1060. The fourth-order valence-electron chi connectivity index (χ4n) is 3.50. The molecule has 0 radical (unpaired) electrons. The van der Waals surface area contributed by atoms with Crippen molar-refractivity contribution in [3.05, 3.63) is 44.7 Å². The summed E-state index contributed by atoms with van der Waals surface area (Å²) in [6.07, 6.45) is 3.82. The average Bonchev–Trinajstić information content (AvgIpc) is 3.26. The number of nitrogens with one attached hydrogen (secondary N) is 1. The Hall–Kier alpha value is -2.74. The van der Waals surface area contributed by atoms with Crippen LogP contribution in [-0.2, 0) is 12.1 Å². The standard InChI is InChI=1S/C17H19N5O3/c1-2-22-12-6-5-10(9-11(12)19-13(23)15(22)24)14-20-16(21-25-14)17(18)7-3-4-8-17/h5-6,9H,2-4,7-8,18H2,1H3,(H,19,23). The van der Waals surface area contributed by atoms with Gasteiger partial charge in [0.15, 0.2) is 5.82 Å². The smallest absolute Gasteiger partial charge is 0.316 e. The van der Waals surface area contributed by atoms with E-state index >= 15 is 0 Å². The van der Waals surface area contributed by atoms with Gasteiger partial charge in [-0.3, -0.25) is 9.59 Å². The molecular weight excluding hydrogens is 322 g/mol. The number of hydrogen-bond acceptors (Lipinski definition) is 6. The number of aromatic amines is 1. The van der Waals surface area contributed by atoms with Crippen molar-refractivity contribution in [3.8, 4) is 11.5 Å². The Labute approximate surface area is 142 Å². The van der Waals surface area contributed by atoms with Crippen LogP contribution in [0, 0.1) is 0 Å². The highest BCUT2D eigenvalue weighted by molar-refractivity contribution is 5.79. The Kier molecular flexibility index (Phi) is 3.57. The number of aryl methyl sites for hydroxylation is 1. The molecule has 1 aliphatic rings. The number of hydrogen-bond donors (Lipinski definition) is 2. The molecule has 0 aliphatic heterocycles. The molecule has 4 rings (SSSR count). The highest BCUT2D eigenvalue weighted by atomic mass is 16.5. The molecule has 0 unspecified atom stereocenters. The summed E-state index contributed by atoms with van der Waals surface area (Å²) in [5.41, 5.74) is 6.51. The van der Waals surface area contributed by atoms with Gasteiger partial charge in [-0.1, -0.05) is 18.0 Å². The largest absolute Gasteiger partial charge is 0.334 e. The minimum atomic E-state index is -0.649. The van der Waals surface area contributed by atoms with Gasteiger partial charge >= 0.3 is 11.1 Å². The number of H-pyrrole nitrogens is 1. The third-order valence-electron chi connectivity index (χ3n) is 4.91. The molecule has 1 saturated carbocycles. The summed E-state index contributed by atoms with van der Waals surface area (Å²) in [5, 5.41) is 4.05. The van der Waals surface area contributed by atoms with E-state index in [0.717, 1.165) is 25.7 Å². The molecule has 0 spiro atoms. The van der Waals surface area contributed by atoms with Crippen molar-refractivity contribution in [2.24, 2.45) is 5.73 Å². The van der Waals surface area contributed by atoms with Crippen LogP contribution in [0.4, 0.5) is 0 Å². The Morgan fingerprint density at radius 2 is 2.08 bits per heavy atom. The van der Waals surface area contributed by atoms with Gasteiger partial charge in [-0.05, 0) is 38.0 Å². The Morgan fingerprint density at radius 1 is 1.32 bits per heavy atom. The Morgan fingerprint density at radius 3 is 2.80 bits per heavy atom.